The lowest BCUT2D eigenvalue weighted by molar-refractivity contribution is 0.507. The number of hydrogen-bond donors (Lipinski definition) is 2. The number of nitrogens with one attached hydrogen (secondary N) is 2. The van der Waals surface area contributed by atoms with Gasteiger partial charge in [-0.1, -0.05) is 18.2 Å². The molecule has 0 atom stereocenters. The van der Waals surface area contributed by atoms with Gasteiger partial charge in [0.1, 0.15) is 5.82 Å². The predicted octanol–water partition coefficient (Wildman–Crippen LogP) is 3.07. The average molecular weight is 378 g/mol. The monoisotopic (exact) mass is 378 g/mol. The second kappa shape index (κ2) is 6.34. The Labute approximate surface area is 157 Å². The fourth-order valence-corrected chi connectivity index (χ4v) is 2.97. The highest BCUT2D eigenvalue weighted by molar-refractivity contribution is 5.81. The minimum atomic E-state index is -0.896. The van der Waals surface area contributed by atoms with Crippen LogP contribution in [0.3, 0.4) is 0 Å². The second-order valence-electron chi connectivity index (χ2n) is 6.11. The zero-order valence-electron chi connectivity index (χ0n) is 14.3. The summed E-state index contributed by atoms with van der Waals surface area (Å²) in [6.45, 7) is 0.240. The summed E-state index contributed by atoms with van der Waals surface area (Å²) in [5.74, 6) is -0.407. The molecule has 0 saturated heterocycles. The molecule has 10 heteroatoms. The van der Waals surface area contributed by atoms with Crippen molar-refractivity contribution in [2.75, 3.05) is 10.6 Å². The molecule has 0 fully saturated rings. The zero-order chi connectivity index (χ0) is 19.1. The smallest absolute Gasteiger partial charge is 0.224 e. The van der Waals surface area contributed by atoms with Crippen LogP contribution in [-0.2, 0) is 6.54 Å². The molecule has 0 radical (unpaired) electrons. The van der Waals surface area contributed by atoms with Gasteiger partial charge in [0, 0.05) is 12.7 Å². The van der Waals surface area contributed by atoms with Crippen molar-refractivity contribution in [3.63, 3.8) is 0 Å². The SMILES string of the molecule is Fc1ccc(CNc2ncc3c(n2)Nc2ccccc2-n2nnnc2-3)cc1F. The van der Waals surface area contributed by atoms with Crippen LogP contribution in [0, 0.1) is 11.6 Å². The van der Waals surface area contributed by atoms with Crippen LogP contribution >= 0.6 is 0 Å². The maximum absolute atomic E-state index is 13.4. The molecule has 2 aromatic carbocycles. The van der Waals surface area contributed by atoms with E-state index in [9.17, 15) is 8.78 Å². The van der Waals surface area contributed by atoms with Crippen LogP contribution in [0.2, 0.25) is 0 Å². The molecule has 0 aliphatic carbocycles. The molecule has 28 heavy (non-hydrogen) atoms. The Bertz CT molecular complexity index is 1190. The Balaban J connectivity index is 1.48. The lowest BCUT2D eigenvalue weighted by Crippen LogP contribution is -2.06. The molecular formula is C18H12F2N8. The fraction of sp³-hybridized carbons (Fsp3) is 0.0556. The number of benzene rings is 2. The molecule has 1 aliphatic heterocycles. The third kappa shape index (κ3) is 2.71. The molecule has 2 aromatic heterocycles. The number of nitrogens with zero attached hydrogens (tertiary/aromatic N) is 6. The van der Waals surface area contributed by atoms with E-state index in [2.05, 4.69) is 36.1 Å². The first-order chi connectivity index (χ1) is 13.7. The van der Waals surface area contributed by atoms with Crippen LogP contribution in [0.1, 0.15) is 5.56 Å². The van der Waals surface area contributed by atoms with Crippen molar-refractivity contribution >= 4 is 17.5 Å². The first kappa shape index (κ1) is 16.2. The summed E-state index contributed by atoms with van der Waals surface area (Å²) in [7, 11) is 0. The molecule has 0 amide bonds. The number of fused-ring (bicyclic) bond motifs is 5. The Hall–Kier alpha value is -3.95. The van der Waals surface area contributed by atoms with Gasteiger partial charge in [-0.05, 0) is 40.3 Å². The van der Waals surface area contributed by atoms with Crippen molar-refractivity contribution in [3.05, 3.63) is 65.9 Å². The van der Waals surface area contributed by atoms with E-state index in [1.807, 2.05) is 24.3 Å². The Morgan fingerprint density at radius 3 is 2.86 bits per heavy atom. The van der Waals surface area contributed by atoms with Crippen LogP contribution in [0.4, 0.5) is 26.2 Å². The maximum atomic E-state index is 13.4. The molecule has 138 valence electrons. The average Bonchev–Trinajstić information content (AvgIpc) is 3.14. The molecular weight excluding hydrogens is 366 g/mol. The first-order valence-corrected chi connectivity index (χ1v) is 8.39. The predicted molar refractivity (Wildman–Crippen MR) is 97.1 cm³/mol. The molecule has 2 N–H and O–H groups in total. The first-order valence-electron chi connectivity index (χ1n) is 8.39. The molecule has 4 aromatic rings. The molecule has 0 saturated carbocycles. The van der Waals surface area contributed by atoms with E-state index < -0.39 is 11.6 Å². The second-order valence-corrected chi connectivity index (χ2v) is 6.11. The van der Waals surface area contributed by atoms with Crippen molar-refractivity contribution in [3.8, 4) is 17.1 Å². The van der Waals surface area contributed by atoms with Crippen LogP contribution < -0.4 is 10.6 Å². The topological polar surface area (TPSA) is 93.4 Å². The van der Waals surface area contributed by atoms with Gasteiger partial charge in [-0.2, -0.15) is 9.67 Å². The largest absolute Gasteiger partial charge is 0.350 e. The third-order valence-electron chi connectivity index (χ3n) is 4.32. The molecule has 0 spiro atoms. The van der Waals surface area contributed by atoms with Gasteiger partial charge in [0.2, 0.25) is 5.95 Å². The standard InChI is InChI=1S/C18H12F2N8/c19-12-6-5-10(7-13(12)20)8-21-18-22-9-11-16(24-18)23-14-3-1-2-4-15(14)28-17(11)25-26-27-28/h1-7,9H,8H2,(H2,21,22,23,24). The lowest BCUT2D eigenvalue weighted by Gasteiger charge is -2.10. The van der Waals surface area contributed by atoms with Gasteiger partial charge in [0.05, 0.1) is 16.9 Å². The Kier molecular flexibility index (Phi) is 3.68. The van der Waals surface area contributed by atoms with Crippen molar-refractivity contribution in [1.29, 1.82) is 0 Å². The van der Waals surface area contributed by atoms with E-state index in [1.54, 1.807) is 10.9 Å². The van der Waals surface area contributed by atoms with Crippen LogP contribution in [-0.4, -0.2) is 30.2 Å². The van der Waals surface area contributed by atoms with Gasteiger partial charge in [-0.25, -0.2) is 13.8 Å². The van der Waals surface area contributed by atoms with Crippen LogP contribution in [0.15, 0.2) is 48.7 Å². The minimum Gasteiger partial charge on any atom is -0.350 e. The number of anilines is 3. The number of tetrazole rings is 1. The van der Waals surface area contributed by atoms with Gasteiger partial charge < -0.3 is 10.6 Å². The molecule has 1 aliphatic rings. The van der Waals surface area contributed by atoms with Gasteiger partial charge in [0.15, 0.2) is 17.5 Å². The molecule has 8 nitrogen and oxygen atoms in total. The van der Waals surface area contributed by atoms with Gasteiger partial charge in [0.25, 0.3) is 0 Å². The number of halogens is 2. The van der Waals surface area contributed by atoms with Crippen molar-refractivity contribution in [1.82, 2.24) is 30.2 Å². The van der Waals surface area contributed by atoms with Gasteiger partial charge >= 0.3 is 0 Å². The van der Waals surface area contributed by atoms with E-state index in [-0.39, 0.29) is 6.54 Å². The molecule has 0 bridgehead atoms. The highest BCUT2D eigenvalue weighted by atomic mass is 19.2. The fourth-order valence-electron chi connectivity index (χ4n) is 2.97. The third-order valence-corrected chi connectivity index (χ3v) is 4.32. The number of aromatic nitrogens is 6. The maximum Gasteiger partial charge on any atom is 0.224 e. The molecule has 0 unspecified atom stereocenters. The van der Waals surface area contributed by atoms with Gasteiger partial charge in [-0.3, -0.25) is 0 Å². The van der Waals surface area contributed by atoms with Gasteiger partial charge in [-0.15, -0.1) is 5.10 Å². The normalized spacial score (nSPS) is 11.6. The van der Waals surface area contributed by atoms with E-state index in [4.69, 9.17) is 0 Å². The number of rotatable bonds is 3. The number of para-hydroxylation sites is 2. The van der Waals surface area contributed by atoms with Crippen LogP contribution in [0.5, 0.6) is 0 Å². The Morgan fingerprint density at radius 1 is 1.07 bits per heavy atom. The van der Waals surface area contributed by atoms with E-state index >= 15 is 0 Å². The number of hydrogen-bond acceptors (Lipinski definition) is 7. The summed E-state index contributed by atoms with van der Waals surface area (Å²) in [5.41, 5.74) is 2.79. The van der Waals surface area contributed by atoms with E-state index in [0.717, 1.165) is 23.5 Å². The quantitative estimate of drug-likeness (QED) is 0.498. The summed E-state index contributed by atoms with van der Waals surface area (Å²) in [4.78, 5) is 8.79. The lowest BCUT2D eigenvalue weighted by atomic mass is 10.2. The highest BCUT2D eigenvalue weighted by Crippen LogP contribution is 2.35. The molecule has 3 heterocycles. The van der Waals surface area contributed by atoms with Crippen molar-refractivity contribution in [2.24, 2.45) is 0 Å². The summed E-state index contributed by atoms with van der Waals surface area (Å²) < 4.78 is 28.0. The zero-order valence-corrected chi connectivity index (χ0v) is 14.3. The van der Waals surface area contributed by atoms with Crippen molar-refractivity contribution < 1.29 is 8.78 Å². The van der Waals surface area contributed by atoms with Crippen LogP contribution in [0.25, 0.3) is 17.1 Å². The van der Waals surface area contributed by atoms with Crippen molar-refractivity contribution in [2.45, 2.75) is 6.54 Å². The molecule has 5 rings (SSSR count). The Morgan fingerprint density at radius 2 is 1.96 bits per heavy atom. The van der Waals surface area contributed by atoms with E-state index in [0.29, 0.717) is 28.7 Å². The van der Waals surface area contributed by atoms with E-state index in [1.165, 1.54) is 6.07 Å². The highest BCUT2D eigenvalue weighted by Gasteiger charge is 2.23. The summed E-state index contributed by atoms with van der Waals surface area (Å²) in [6.07, 6.45) is 1.61. The summed E-state index contributed by atoms with van der Waals surface area (Å²) in [6, 6.07) is 11.3. The minimum absolute atomic E-state index is 0.240. The summed E-state index contributed by atoms with van der Waals surface area (Å²) in [5, 5.41) is 18.2. The summed E-state index contributed by atoms with van der Waals surface area (Å²) >= 11 is 0.